The first-order chi connectivity index (χ1) is 13.4. The van der Waals surface area contributed by atoms with Gasteiger partial charge in [0.15, 0.2) is 0 Å². The number of carbonyl (C=O) groups is 1. The molecule has 0 aliphatic rings. The van der Waals surface area contributed by atoms with Crippen LogP contribution in [-0.2, 0) is 0 Å². The molecule has 0 aliphatic carbocycles. The molecule has 3 aromatic rings. The fourth-order valence-corrected chi connectivity index (χ4v) is 2.71. The van der Waals surface area contributed by atoms with Gasteiger partial charge in [0, 0.05) is 22.9 Å². The third-order valence-corrected chi connectivity index (χ3v) is 4.02. The third kappa shape index (κ3) is 4.42. The standard InChI is InChI=1S/C20H18N4O4/c1-13-10-14(2)18(24(26)27)11-17(13)19-9-8-16(28-19)12-21-23-20(25)22-15-6-4-3-5-7-15/h3-12H,1-2H3,(H2,22,23,25). The van der Waals surface area contributed by atoms with Crippen molar-refractivity contribution in [1.29, 1.82) is 0 Å². The zero-order chi connectivity index (χ0) is 20.1. The lowest BCUT2D eigenvalue weighted by Crippen LogP contribution is -2.24. The highest BCUT2D eigenvalue weighted by Crippen LogP contribution is 2.31. The van der Waals surface area contributed by atoms with Crippen molar-refractivity contribution >= 4 is 23.6 Å². The summed E-state index contributed by atoms with van der Waals surface area (Å²) in [7, 11) is 0. The minimum atomic E-state index is -0.487. The molecular weight excluding hydrogens is 360 g/mol. The molecule has 28 heavy (non-hydrogen) atoms. The zero-order valence-electron chi connectivity index (χ0n) is 15.3. The summed E-state index contributed by atoms with van der Waals surface area (Å²) in [6.45, 7) is 3.55. The number of aryl methyl sites for hydroxylation is 2. The fourth-order valence-electron chi connectivity index (χ4n) is 2.71. The summed E-state index contributed by atoms with van der Waals surface area (Å²) in [5.41, 5.74) is 5.11. The number of anilines is 1. The van der Waals surface area contributed by atoms with E-state index in [1.807, 2.05) is 13.0 Å². The second kappa shape index (κ2) is 8.17. The first-order valence-electron chi connectivity index (χ1n) is 8.45. The Morgan fingerprint density at radius 3 is 2.57 bits per heavy atom. The van der Waals surface area contributed by atoms with Crippen LogP contribution in [0.5, 0.6) is 0 Å². The molecule has 0 radical (unpaired) electrons. The van der Waals surface area contributed by atoms with E-state index in [0.717, 1.165) is 5.56 Å². The Hall–Kier alpha value is -3.94. The van der Waals surface area contributed by atoms with Gasteiger partial charge >= 0.3 is 6.03 Å². The average molecular weight is 378 g/mol. The zero-order valence-corrected chi connectivity index (χ0v) is 15.3. The van der Waals surface area contributed by atoms with Gasteiger partial charge in [-0.05, 0) is 49.7 Å². The number of para-hydroxylation sites is 1. The Bertz CT molecular complexity index is 1040. The number of nitro groups is 1. The predicted molar refractivity (Wildman–Crippen MR) is 106 cm³/mol. The molecule has 1 aromatic heterocycles. The van der Waals surface area contributed by atoms with Crippen LogP contribution < -0.4 is 10.7 Å². The predicted octanol–water partition coefficient (Wildman–Crippen LogP) is 4.63. The molecule has 0 unspecified atom stereocenters. The first kappa shape index (κ1) is 18.8. The van der Waals surface area contributed by atoms with E-state index in [1.165, 1.54) is 12.3 Å². The van der Waals surface area contributed by atoms with E-state index in [4.69, 9.17) is 4.42 Å². The summed E-state index contributed by atoms with van der Waals surface area (Å²) in [6, 6.07) is 15.1. The smallest absolute Gasteiger partial charge is 0.339 e. The Balaban J connectivity index is 1.69. The Kier molecular flexibility index (Phi) is 5.50. The number of furan rings is 1. The lowest BCUT2D eigenvalue weighted by molar-refractivity contribution is -0.385. The molecule has 0 fully saturated rings. The van der Waals surface area contributed by atoms with Crippen molar-refractivity contribution < 1.29 is 14.1 Å². The number of nitro benzene ring substituents is 1. The van der Waals surface area contributed by atoms with Crippen LogP contribution in [0.4, 0.5) is 16.2 Å². The number of urea groups is 1. The first-order valence-corrected chi connectivity index (χ1v) is 8.45. The second-order valence-electron chi connectivity index (χ2n) is 6.10. The number of benzene rings is 2. The average Bonchev–Trinajstić information content (AvgIpc) is 3.11. The fraction of sp³-hybridized carbons (Fsp3) is 0.100. The van der Waals surface area contributed by atoms with Crippen molar-refractivity contribution in [2.24, 2.45) is 5.10 Å². The van der Waals surface area contributed by atoms with Gasteiger partial charge in [-0.25, -0.2) is 10.2 Å². The molecule has 0 spiro atoms. The molecule has 3 rings (SSSR count). The van der Waals surface area contributed by atoms with Crippen LogP contribution >= 0.6 is 0 Å². The van der Waals surface area contributed by atoms with E-state index in [9.17, 15) is 14.9 Å². The maximum atomic E-state index is 11.8. The van der Waals surface area contributed by atoms with Crippen molar-refractivity contribution in [1.82, 2.24) is 5.43 Å². The highest BCUT2D eigenvalue weighted by atomic mass is 16.6. The minimum absolute atomic E-state index is 0.0338. The SMILES string of the molecule is Cc1cc(C)c([N+](=O)[O-])cc1-c1ccc(C=NNC(=O)Nc2ccccc2)o1. The molecule has 2 amide bonds. The van der Waals surface area contributed by atoms with Gasteiger partial charge in [-0.1, -0.05) is 18.2 Å². The maximum absolute atomic E-state index is 11.8. The van der Waals surface area contributed by atoms with Crippen LogP contribution in [0.25, 0.3) is 11.3 Å². The largest absolute Gasteiger partial charge is 0.455 e. The molecule has 1 heterocycles. The van der Waals surface area contributed by atoms with Crippen LogP contribution in [0.2, 0.25) is 0 Å². The number of hydrazone groups is 1. The van der Waals surface area contributed by atoms with Crippen molar-refractivity contribution in [3.63, 3.8) is 0 Å². The lowest BCUT2D eigenvalue weighted by Gasteiger charge is -2.05. The Morgan fingerprint density at radius 1 is 1.11 bits per heavy atom. The molecular formula is C20H18N4O4. The van der Waals surface area contributed by atoms with Crippen LogP contribution in [0.15, 0.2) is 64.1 Å². The van der Waals surface area contributed by atoms with Gasteiger partial charge in [0.05, 0.1) is 11.1 Å². The summed E-state index contributed by atoms with van der Waals surface area (Å²) < 4.78 is 5.68. The molecule has 0 saturated carbocycles. The van der Waals surface area contributed by atoms with E-state index in [0.29, 0.717) is 28.3 Å². The number of hydrogen-bond donors (Lipinski definition) is 2. The number of hydrogen-bond acceptors (Lipinski definition) is 5. The van der Waals surface area contributed by atoms with E-state index < -0.39 is 11.0 Å². The molecule has 142 valence electrons. The van der Waals surface area contributed by atoms with Crippen molar-refractivity contribution in [3.05, 3.63) is 81.6 Å². The van der Waals surface area contributed by atoms with Crippen molar-refractivity contribution in [2.75, 3.05) is 5.32 Å². The number of amides is 2. The molecule has 8 heteroatoms. The van der Waals surface area contributed by atoms with E-state index in [-0.39, 0.29) is 5.69 Å². The summed E-state index contributed by atoms with van der Waals surface area (Å²) in [6.07, 6.45) is 1.35. The Morgan fingerprint density at radius 2 is 1.86 bits per heavy atom. The van der Waals surface area contributed by atoms with E-state index in [1.54, 1.807) is 49.4 Å². The minimum Gasteiger partial charge on any atom is -0.455 e. The molecule has 0 atom stereocenters. The summed E-state index contributed by atoms with van der Waals surface area (Å²) >= 11 is 0. The topological polar surface area (TPSA) is 110 Å². The molecule has 0 aliphatic heterocycles. The molecule has 2 N–H and O–H groups in total. The number of nitrogens with zero attached hydrogens (tertiary/aromatic N) is 2. The number of rotatable bonds is 5. The normalized spacial score (nSPS) is 10.8. The quantitative estimate of drug-likeness (QED) is 0.383. The molecule has 0 bridgehead atoms. The second-order valence-corrected chi connectivity index (χ2v) is 6.10. The highest BCUT2D eigenvalue weighted by Gasteiger charge is 2.16. The monoisotopic (exact) mass is 378 g/mol. The van der Waals surface area contributed by atoms with Gasteiger partial charge in [-0.3, -0.25) is 10.1 Å². The van der Waals surface area contributed by atoms with Crippen LogP contribution in [-0.4, -0.2) is 17.2 Å². The van der Waals surface area contributed by atoms with Crippen molar-refractivity contribution in [3.8, 4) is 11.3 Å². The van der Waals surface area contributed by atoms with Gasteiger partial charge < -0.3 is 9.73 Å². The van der Waals surface area contributed by atoms with Crippen LogP contribution in [0, 0.1) is 24.0 Å². The summed E-state index contributed by atoms with van der Waals surface area (Å²) in [4.78, 5) is 22.5. The number of nitrogens with one attached hydrogen (secondary N) is 2. The van der Waals surface area contributed by atoms with Gasteiger partial charge in [-0.2, -0.15) is 5.10 Å². The van der Waals surface area contributed by atoms with E-state index >= 15 is 0 Å². The lowest BCUT2D eigenvalue weighted by atomic mass is 10.0. The number of carbonyl (C=O) groups excluding carboxylic acids is 1. The van der Waals surface area contributed by atoms with Gasteiger partial charge in [0.2, 0.25) is 0 Å². The van der Waals surface area contributed by atoms with Gasteiger partial charge in [0.1, 0.15) is 11.5 Å². The Labute approximate surface area is 161 Å². The summed E-state index contributed by atoms with van der Waals surface area (Å²) in [5.74, 6) is 0.883. The maximum Gasteiger partial charge on any atom is 0.339 e. The van der Waals surface area contributed by atoms with Gasteiger partial charge in [-0.15, -0.1) is 0 Å². The molecule has 8 nitrogen and oxygen atoms in total. The van der Waals surface area contributed by atoms with Crippen LogP contribution in [0.3, 0.4) is 0 Å². The molecule has 0 saturated heterocycles. The summed E-state index contributed by atoms with van der Waals surface area (Å²) in [5, 5.41) is 17.6. The third-order valence-electron chi connectivity index (χ3n) is 4.02. The van der Waals surface area contributed by atoms with Gasteiger partial charge in [0.25, 0.3) is 5.69 Å². The highest BCUT2D eigenvalue weighted by molar-refractivity contribution is 5.90. The van der Waals surface area contributed by atoms with Crippen LogP contribution in [0.1, 0.15) is 16.9 Å². The van der Waals surface area contributed by atoms with Crippen molar-refractivity contribution in [2.45, 2.75) is 13.8 Å². The molecule has 2 aromatic carbocycles. The van der Waals surface area contributed by atoms with E-state index in [2.05, 4.69) is 15.8 Å².